The van der Waals surface area contributed by atoms with Gasteiger partial charge in [0, 0.05) is 30.9 Å². The van der Waals surface area contributed by atoms with Crippen LogP contribution in [0.15, 0.2) is 30.7 Å². The summed E-state index contributed by atoms with van der Waals surface area (Å²) < 4.78 is 1.75. The first-order valence-electron chi connectivity index (χ1n) is 7.89. The summed E-state index contributed by atoms with van der Waals surface area (Å²) in [5.41, 5.74) is 2.11. The Morgan fingerprint density at radius 1 is 1.39 bits per heavy atom. The SMILES string of the molecule is Cc1c(C(=O)N2CCCC(C)(CO)C2)cnn1-c1ccncc1. The van der Waals surface area contributed by atoms with Gasteiger partial charge in [-0.1, -0.05) is 6.92 Å². The number of amides is 1. The molecule has 1 unspecified atom stereocenters. The molecule has 1 N–H and O–H groups in total. The third kappa shape index (κ3) is 2.99. The lowest BCUT2D eigenvalue weighted by molar-refractivity contribution is 0.0357. The van der Waals surface area contributed by atoms with E-state index in [2.05, 4.69) is 10.1 Å². The number of piperidine rings is 1. The van der Waals surface area contributed by atoms with Crippen LogP contribution in [-0.2, 0) is 0 Å². The molecule has 2 aromatic rings. The van der Waals surface area contributed by atoms with Crippen molar-refractivity contribution >= 4 is 5.91 Å². The van der Waals surface area contributed by atoms with Crippen LogP contribution in [0, 0.1) is 12.3 Å². The lowest BCUT2D eigenvalue weighted by Crippen LogP contribution is -2.46. The molecule has 23 heavy (non-hydrogen) atoms. The summed E-state index contributed by atoms with van der Waals surface area (Å²) >= 11 is 0. The molecule has 1 aliphatic rings. The molecular formula is C17H22N4O2. The molecule has 6 heteroatoms. The second kappa shape index (κ2) is 6.12. The molecule has 1 atom stereocenters. The highest BCUT2D eigenvalue weighted by molar-refractivity contribution is 5.95. The number of likely N-dealkylation sites (tertiary alicyclic amines) is 1. The maximum Gasteiger partial charge on any atom is 0.257 e. The largest absolute Gasteiger partial charge is 0.396 e. The molecule has 0 aliphatic carbocycles. The molecule has 3 rings (SSSR count). The van der Waals surface area contributed by atoms with E-state index in [0.717, 1.165) is 30.8 Å². The van der Waals surface area contributed by atoms with Crippen LogP contribution in [0.1, 0.15) is 35.8 Å². The van der Waals surface area contributed by atoms with E-state index >= 15 is 0 Å². The van der Waals surface area contributed by atoms with E-state index in [1.54, 1.807) is 23.3 Å². The van der Waals surface area contributed by atoms with Gasteiger partial charge in [-0.05, 0) is 31.9 Å². The second-order valence-electron chi connectivity index (χ2n) is 6.56. The predicted octanol–water partition coefficient (Wildman–Crippen LogP) is 1.81. The number of carbonyl (C=O) groups excluding carboxylic acids is 1. The topological polar surface area (TPSA) is 71.2 Å². The van der Waals surface area contributed by atoms with Gasteiger partial charge in [0.05, 0.1) is 29.7 Å². The Morgan fingerprint density at radius 2 is 2.13 bits per heavy atom. The summed E-state index contributed by atoms with van der Waals surface area (Å²) in [7, 11) is 0. The van der Waals surface area contributed by atoms with E-state index in [0.29, 0.717) is 12.1 Å². The molecule has 0 radical (unpaired) electrons. The minimum Gasteiger partial charge on any atom is -0.396 e. The Labute approximate surface area is 135 Å². The number of hydrogen-bond donors (Lipinski definition) is 1. The highest BCUT2D eigenvalue weighted by atomic mass is 16.3. The van der Waals surface area contributed by atoms with E-state index in [1.165, 1.54) is 0 Å². The fourth-order valence-corrected chi connectivity index (χ4v) is 3.15. The summed E-state index contributed by atoms with van der Waals surface area (Å²) in [6.07, 6.45) is 6.90. The smallest absolute Gasteiger partial charge is 0.257 e. The summed E-state index contributed by atoms with van der Waals surface area (Å²) in [4.78, 5) is 18.7. The Hall–Kier alpha value is -2.21. The van der Waals surface area contributed by atoms with Crippen LogP contribution in [0.25, 0.3) is 5.69 Å². The molecule has 1 aliphatic heterocycles. The van der Waals surface area contributed by atoms with Crippen LogP contribution < -0.4 is 0 Å². The first-order chi connectivity index (χ1) is 11.0. The monoisotopic (exact) mass is 314 g/mol. The fourth-order valence-electron chi connectivity index (χ4n) is 3.15. The van der Waals surface area contributed by atoms with Crippen molar-refractivity contribution in [3.05, 3.63) is 42.0 Å². The minimum absolute atomic E-state index is 0.0119. The number of aromatic nitrogens is 3. The number of hydrogen-bond acceptors (Lipinski definition) is 4. The lowest BCUT2D eigenvalue weighted by Gasteiger charge is -2.39. The molecule has 1 amide bonds. The predicted molar refractivity (Wildman–Crippen MR) is 86.4 cm³/mol. The van der Waals surface area contributed by atoms with Crippen LogP contribution in [0.2, 0.25) is 0 Å². The maximum absolute atomic E-state index is 12.8. The zero-order valence-electron chi connectivity index (χ0n) is 13.6. The molecule has 122 valence electrons. The van der Waals surface area contributed by atoms with Crippen molar-refractivity contribution in [2.45, 2.75) is 26.7 Å². The molecule has 6 nitrogen and oxygen atoms in total. The summed E-state index contributed by atoms with van der Waals surface area (Å²) in [6, 6.07) is 3.72. The van der Waals surface area contributed by atoms with E-state index in [4.69, 9.17) is 0 Å². The number of aliphatic hydroxyl groups is 1. The van der Waals surface area contributed by atoms with E-state index in [1.807, 2.05) is 30.9 Å². The second-order valence-corrected chi connectivity index (χ2v) is 6.56. The van der Waals surface area contributed by atoms with Gasteiger partial charge in [0.15, 0.2) is 0 Å². The van der Waals surface area contributed by atoms with Crippen LogP contribution in [0.5, 0.6) is 0 Å². The van der Waals surface area contributed by atoms with Crippen molar-refractivity contribution in [1.82, 2.24) is 19.7 Å². The van der Waals surface area contributed by atoms with Crippen molar-refractivity contribution in [2.75, 3.05) is 19.7 Å². The number of aliphatic hydroxyl groups excluding tert-OH is 1. The van der Waals surface area contributed by atoms with Gasteiger partial charge in [-0.2, -0.15) is 5.10 Å². The quantitative estimate of drug-likeness (QED) is 0.938. The molecular weight excluding hydrogens is 292 g/mol. The first kappa shape index (κ1) is 15.7. The van der Waals surface area contributed by atoms with E-state index in [9.17, 15) is 9.90 Å². The third-order valence-electron chi connectivity index (χ3n) is 4.60. The van der Waals surface area contributed by atoms with E-state index in [-0.39, 0.29) is 17.9 Å². The van der Waals surface area contributed by atoms with Crippen molar-refractivity contribution in [3.8, 4) is 5.69 Å². The molecule has 2 aromatic heterocycles. The Balaban J connectivity index is 1.85. The summed E-state index contributed by atoms with van der Waals surface area (Å²) in [5, 5.41) is 13.9. The highest BCUT2D eigenvalue weighted by Crippen LogP contribution is 2.30. The Kier molecular flexibility index (Phi) is 4.17. The molecule has 3 heterocycles. The van der Waals surface area contributed by atoms with Gasteiger partial charge >= 0.3 is 0 Å². The van der Waals surface area contributed by atoms with Crippen LogP contribution in [0.4, 0.5) is 0 Å². The number of rotatable bonds is 3. The zero-order valence-corrected chi connectivity index (χ0v) is 13.6. The normalized spacial score (nSPS) is 21.4. The average Bonchev–Trinajstić information content (AvgIpc) is 2.96. The van der Waals surface area contributed by atoms with Crippen LogP contribution in [0.3, 0.4) is 0 Å². The fraction of sp³-hybridized carbons (Fsp3) is 0.471. The number of pyridine rings is 1. The van der Waals surface area contributed by atoms with Crippen LogP contribution >= 0.6 is 0 Å². The van der Waals surface area contributed by atoms with Gasteiger partial charge in [0.2, 0.25) is 0 Å². The first-order valence-corrected chi connectivity index (χ1v) is 7.89. The maximum atomic E-state index is 12.8. The van der Waals surface area contributed by atoms with Gasteiger partial charge in [-0.25, -0.2) is 4.68 Å². The third-order valence-corrected chi connectivity index (χ3v) is 4.60. The zero-order chi connectivity index (χ0) is 16.4. The molecule has 0 saturated carbocycles. The standard InChI is InChI=1S/C17H22N4O2/c1-13-15(10-19-21(13)14-4-7-18-8-5-14)16(23)20-9-3-6-17(2,11-20)12-22/h4-5,7-8,10,22H,3,6,9,11-12H2,1-2H3. The van der Waals surface area contributed by atoms with Crippen molar-refractivity contribution in [2.24, 2.45) is 5.41 Å². The summed E-state index contributed by atoms with van der Waals surface area (Å²) in [5.74, 6) is -0.0119. The highest BCUT2D eigenvalue weighted by Gasteiger charge is 2.33. The van der Waals surface area contributed by atoms with Gasteiger partial charge in [-0.3, -0.25) is 9.78 Å². The Bertz CT molecular complexity index is 698. The molecule has 1 saturated heterocycles. The van der Waals surface area contributed by atoms with Crippen molar-refractivity contribution in [3.63, 3.8) is 0 Å². The average molecular weight is 314 g/mol. The van der Waals surface area contributed by atoms with Gasteiger partial charge in [-0.15, -0.1) is 0 Å². The van der Waals surface area contributed by atoms with Crippen molar-refractivity contribution < 1.29 is 9.90 Å². The van der Waals surface area contributed by atoms with Crippen LogP contribution in [-0.4, -0.2) is 50.4 Å². The van der Waals surface area contributed by atoms with Gasteiger partial charge < -0.3 is 10.0 Å². The van der Waals surface area contributed by atoms with Gasteiger partial charge in [0.25, 0.3) is 5.91 Å². The van der Waals surface area contributed by atoms with Gasteiger partial charge in [0.1, 0.15) is 0 Å². The summed E-state index contributed by atoms with van der Waals surface area (Å²) in [6.45, 7) is 5.35. The molecule has 0 bridgehead atoms. The number of nitrogens with zero attached hydrogens (tertiary/aromatic N) is 4. The number of carbonyl (C=O) groups is 1. The Morgan fingerprint density at radius 3 is 2.83 bits per heavy atom. The van der Waals surface area contributed by atoms with Crippen molar-refractivity contribution in [1.29, 1.82) is 0 Å². The molecule has 1 fully saturated rings. The molecule has 0 aromatic carbocycles. The van der Waals surface area contributed by atoms with E-state index < -0.39 is 0 Å². The lowest BCUT2D eigenvalue weighted by atomic mass is 9.82. The molecule has 0 spiro atoms. The minimum atomic E-state index is -0.205.